The van der Waals surface area contributed by atoms with Crippen LogP contribution in [0.15, 0.2) is 30.3 Å². The number of carbonyl (C=O) groups excluding carboxylic acids is 3. The molecule has 0 aliphatic heterocycles. The van der Waals surface area contributed by atoms with E-state index in [1.165, 1.54) is 4.90 Å². The van der Waals surface area contributed by atoms with Crippen molar-refractivity contribution in [2.75, 3.05) is 13.2 Å². The number of alkyl carbamates (subject to hydrolysis) is 1. The number of rotatable bonds is 16. The Morgan fingerprint density at radius 2 is 1.62 bits per heavy atom. The number of nitrogens with two attached hydrogens (primary N) is 1. The Balaban J connectivity index is 2.70. The normalized spacial score (nSPS) is 17.3. The molecule has 256 valence electrons. The van der Waals surface area contributed by atoms with Crippen molar-refractivity contribution in [1.29, 1.82) is 0 Å². The zero-order chi connectivity index (χ0) is 33.8. The lowest BCUT2D eigenvalue weighted by Gasteiger charge is -2.44. The number of hydrogen-bond acceptors (Lipinski definition) is 9. The number of imide groups is 1. The number of aliphatic hydroxyl groups excluding tert-OH is 1. The summed E-state index contributed by atoms with van der Waals surface area (Å²) in [6.45, 7) is 12.1. The molecule has 2 rings (SSSR count). The molecule has 1 unspecified atom stereocenters. The van der Waals surface area contributed by atoms with Crippen molar-refractivity contribution in [3.8, 4) is 0 Å². The summed E-state index contributed by atoms with van der Waals surface area (Å²) in [6, 6.07) is 5.75. The fraction of sp³-hybridized carbons (Fsp3) is 0.727. The number of nitrogens with one attached hydrogen (secondary N) is 1. The average molecular weight is 654 g/mol. The minimum Gasteiger partial charge on any atom is -0.444 e. The van der Waals surface area contributed by atoms with Gasteiger partial charge in [0, 0.05) is 0 Å². The quantitative estimate of drug-likeness (QED) is 0.188. The van der Waals surface area contributed by atoms with Gasteiger partial charge in [0.2, 0.25) is 5.91 Å². The first kappa shape index (κ1) is 38.9. The molecule has 4 N–H and O–H groups in total. The maximum Gasteiger partial charge on any atom is 0.414 e. The van der Waals surface area contributed by atoms with Crippen LogP contribution in [0.5, 0.6) is 0 Å². The summed E-state index contributed by atoms with van der Waals surface area (Å²) in [6.07, 6.45) is 4.36. The number of benzene rings is 1. The maximum absolute atomic E-state index is 14.5. The molecule has 0 aromatic heterocycles. The summed E-state index contributed by atoms with van der Waals surface area (Å²) in [5, 5.41) is 14.2. The lowest BCUT2D eigenvalue weighted by molar-refractivity contribution is -0.147. The Hall–Kier alpha value is -2.30. The van der Waals surface area contributed by atoms with Crippen LogP contribution in [0.25, 0.3) is 0 Å². The third-order valence-corrected chi connectivity index (χ3v) is 10.00. The largest absolute Gasteiger partial charge is 0.444 e. The van der Waals surface area contributed by atoms with Crippen LogP contribution in [0.2, 0.25) is 0 Å². The van der Waals surface area contributed by atoms with Gasteiger partial charge in [0.05, 0.1) is 25.3 Å². The first-order valence-electron chi connectivity index (χ1n) is 16.3. The van der Waals surface area contributed by atoms with Gasteiger partial charge >= 0.3 is 13.7 Å². The minimum absolute atomic E-state index is 0.000502. The van der Waals surface area contributed by atoms with Crippen LogP contribution < -0.4 is 11.1 Å². The smallest absolute Gasteiger partial charge is 0.414 e. The standard InChI is InChI=1S/C33H56N3O8P/c1-8-42-45(41,43-9-2)31(39)28(22-25-18-14-11-15-19-25)36(30(38)26(34)21-24-16-12-10-13-17-24)27(20-23(3)4)29(37)35-32(40)44-33(5,6)7/h10,12-13,16-17,23,25-28,31,39H,8-9,11,14-15,18-22,34H2,1-7H3,(H,35,37,40)/t26-,27-,28-,31?/m0/s1. The Morgan fingerprint density at radius 3 is 2.13 bits per heavy atom. The topological polar surface area (TPSA) is 157 Å². The third kappa shape index (κ3) is 12.4. The highest BCUT2D eigenvalue weighted by molar-refractivity contribution is 7.54. The van der Waals surface area contributed by atoms with E-state index in [1.54, 1.807) is 34.6 Å². The molecule has 11 nitrogen and oxygen atoms in total. The van der Waals surface area contributed by atoms with Crippen molar-refractivity contribution in [2.24, 2.45) is 17.6 Å². The molecule has 1 fully saturated rings. The molecule has 0 spiro atoms. The van der Waals surface area contributed by atoms with Gasteiger partial charge in [-0.05, 0) is 71.3 Å². The van der Waals surface area contributed by atoms with E-state index >= 15 is 0 Å². The van der Waals surface area contributed by atoms with Crippen LogP contribution in [0.4, 0.5) is 4.79 Å². The Bertz CT molecular complexity index is 1110. The van der Waals surface area contributed by atoms with E-state index in [4.69, 9.17) is 19.5 Å². The summed E-state index contributed by atoms with van der Waals surface area (Å²) in [5.41, 5.74) is 6.52. The van der Waals surface area contributed by atoms with Crippen LogP contribution in [0.3, 0.4) is 0 Å². The fourth-order valence-corrected chi connectivity index (χ4v) is 7.67. The lowest BCUT2D eigenvalue weighted by Crippen LogP contribution is -2.62. The SMILES string of the molecule is CCOP(=O)(OCC)C(O)[C@H](CC1CCCCC1)N(C(=O)[C@@H](N)Cc1ccccc1)[C@@H](CC(C)C)C(=O)NC(=O)OC(C)(C)C. The molecule has 0 radical (unpaired) electrons. The second-order valence-electron chi connectivity index (χ2n) is 13.3. The van der Waals surface area contributed by atoms with Gasteiger partial charge in [-0.25, -0.2) is 4.79 Å². The van der Waals surface area contributed by atoms with Crippen LogP contribution in [-0.2, 0) is 34.4 Å². The maximum atomic E-state index is 14.5. The zero-order valence-corrected chi connectivity index (χ0v) is 29.1. The second-order valence-corrected chi connectivity index (χ2v) is 15.4. The molecular formula is C33H56N3O8P. The number of nitrogens with zero attached hydrogens (tertiary/aromatic N) is 1. The predicted molar refractivity (Wildman–Crippen MR) is 174 cm³/mol. The van der Waals surface area contributed by atoms with Gasteiger partial charge < -0.3 is 29.5 Å². The summed E-state index contributed by atoms with van der Waals surface area (Å²) < 4.78 is 30.6. The molecular weight excluding hydrogens is 597 g/mol. The van der Waals surface area contributed by atoms with Gasteiger partial charge in [-0.3, -0.25) is 19.5 Å². The van der Waals surface area contributed by atoms with Gasteiger partial charge in [0.15, 0.2) is 5.85 Å². The van der Waals surface area contributed by atoms with Gasteiger partial charge in [-0.15, -0.1) is 0 Å². The van der Waals surface area contributed by atoms with E-state index in [0.29, 0.717) is 0 Å². The van der Waals surface area contributed by atoms with Crippen LogP contribution in [0, 0.1) is 11.8 Å². The molecule has 0 heterocycles. The highest BCUT2D eigenvalue weighted by Gasteiger charge is 2.49. The molecule has 45 heavy (non-hydrogen) atoms. The molecule has 3 amide bonds. The zero-order valence-electron chi connectivity index (χ0n) is 28.2. The predicted octanol–water partition coefficient (Wildman–Crippen LogP) is 5.77. The summed E-state index contributed by atoms with van der Waals surface area (Å²) in [7, 11) is -4.19. The molecule has 1 aromatic carbocycles. The molecule has 4 atom stereocenters. The van der Waals surface area contributed by atoms with Crippen LogP contribution in [0.1, 0.15) is 99.0 Å². The average Bonchev–Trinajstić information content (AvgIpc) is 2.95. The fourth-order valence-electron chi connectivity index (χ4n) is 5.88. The summed E-state index contributed by atoms with van der Waals surface area (Å²) >= 11 is 0. The first-order chi connectivity index (χ1) is 21.1. The minimum atomic E-state index is -4.19. The molecule has 1 aliphatic carbocycles. The van der Waals surface area contributed by atoms with Gasteiger partial charge in [0.25, 0.3) is 5.91 Å². The molecule has 1 aromatic rings. The summed E-state index contributed by atoms with van der Waals surface area (Å²) in [4.78, 5) is 42.5. The molecule has 1 saturated carbocycles. The first-order valence-corrected chi connectivity index (χ1v) is 17.9. The van der Waals surface area contributed by atoms with Crippen molar-refractivity contribution in [3.63, 3.8) is 0 Å². The molecule has 1 aliphatic rings. The monoisotopic (exact) mass is 653 g/mol. The number of amides is 3. The Kier molecular flexibility index (Phi) is 15.7. The van der Waals surface area contributed by atoms with Crippen molar-refractivity contribution in [3.05, 3.63) is 35.9 Å². The molecule has 0 bridgehead atoms. The number of aliphatic hydroxyl groups is 1. The molecule has 12 heteroatoms. The van der Waals surface area contributed by atoms with Crippen LogP contribution in [-0.4, -0.2) is 70.7 Å². The number of hydrogen-bond donors (Lipinski definition) is 3. The highest BCUT2D eigenvalue weighted by Crippen LogP contribution is 2.55. The van der Waals surface area contributed by atoms with Crippen molar-refractivity contribution in [2.45, 2.75) is 129 Å². The highest BCUT2D eigenvalue weighted by atomic mass is 31.2. The van der Waals surface area contributed by atoms with E-state index in [-0.39, 0.29) is 44.3 Å². The third-order valence-electron chi connectivity index (χ3n) is 7.77. The Morgan fingerprint density at radius 1 is 1.04 bits per heavy atom. The number of ether oxygens (including phenoxy) is 1. The van der Waals surface area contributed by atoms with Crippen molar-refractivity contribution in [1.82, 2.24) is 10.2 Å². The van der Waals surface area contributed by atoms with Crippen LogP contribution >= 0.6 is 7.60 Å². The summed E-state index contributed by atoms with van der Waals surface area (Å²) in [5.74, 6) is -3.18. The van der Waals surface area contributed by atoms with Gasteiger partial charge in [-0.2, -0.15) is 0 Å². The van der Waals surface area contributed by atoms with E-state index < -0.39 is 55.1 Å². The van der Waals surface area contributed by atoms with E-state index in [1.807, 2.05) is 44.2 Å². The van der Waals surface area contributed by atoms with E-state index in [2.05, 4.69) is 5.32 Å². The van der Waals surface area contributed by atoms with Crippen molar-refractivity contribution < 1.29 is 37.8 Å². The lowest BCUT2D eigenvalue weighted by atomic mass is 9.83. The van der Waals surface area contributed by atoms with Gasteiger partial charge in [0.1, 0.15) is 11.6 Å². The van der Waals surface area contributed by atoms with Crippen molar-refractivity contribution >= 4 is 25.5 Å². The Labute approximate surface area is 269 Å². The van der Waals surface area contributed by atoms with E-state index in [9.17, 15) is 24.1 Å². The number of carbonyl (C=O) groups is 3. The van der Waals surface area contributed by atoms with Gasteiger partial charge in [-0.1, -0.05) is 76.3 Å². The van der Waals surface area contributed by atoms with E-state index in [0.717, 1.165) is 37.7 Å². The second kappa shape index (κ2) is 18.1. The molecule has 0 saturated heterocycles.